The van der Waals surface area contributed by atoms with Crippen molar-refractivity contribution in [3.05, 3.63) is 43.0 Å². The predicted octanol–water partition coefficient (Wildman–Crippen LogP) is -14.4. The van der Waals surface area contributed by atoms with E-state index in [1.807, 2.05) is 4.98 Å². The number of aromatic nitrogens is 2. The fourth-order valence-electron chi connectivity index (χ4n) is 2.47. The van der Waals surface area contributed by atoms with Gasteiger partial charge in [-0.05, 0) is 12.5 Å². The molecule has 2 heterocycles. The van der Waals surface area contributed by atoms with Crippen LogP contribution < -0.4 is 106 Å². The average Bonchev–Trinajstić information content (AvgIpc) is 2.96. The Morgan fingerprint density at radius 3 is 2.23 bits per heavy atom. The van der Waals surface area contributed by atoms with Gasteiger partial charge in [-0.2, -0.15) is 0 Å². The molecule has 0 bridgehead atoms. The van der Waals surface area contributed by atoms with Crippen LogP contribution in [0, 0.1) is 6.92 Å². The summed E-state index contributed by atoms with van der Waals surface area (Å²) < 4.78 is 50.2. The number of nitrogens with one attached hydrogen (secondary N) is 1. The minimum absolute atomic E-state index is 0. The van der Waals surface area contributed by atoms with E-state index in [0.29, 0.717) is 0 Å². The van der Waals surface area contributed by atoms with Crippen LogP contribution in [0.5, 0.6) is 0 Å². The summed E-state index contributed by atoms with van der Waals surface area (Å²) in [5.74, 6) is 0. The molecule has 1 fully saturated rings. The molecule has 0 aromatic carbocycles. The van der Waals surface area contributed by atoms with Crippen molar-refractivity contribution in [2.24, 2.45) is 5.11 Å². The largest absolute Gasteiger partial charge is 1.00 e. The smallest absolute Gasteiger partial charge is 0.790 e. The standard InChI is InChI=1S/C10H16N5O13P3.4Li/c1-5-3-15(10(17)12-9(5)16)8-2-6(13-14-11)7(26-8)4-25-30(21,22)28-31(23,24)27-29(18,19)20;;;;/h3,6-8H,2,4H2,1H3,(H,21,22)(H,23,24)(H,12,16,17)(H2,18,19,20);;;;/q;4*+1/p-4/t6?,7-,8-;;;;/m1..../s1. The number of hydrogen-bond donors (Lipinski definition) is 1. The molecule has 35 heavy (non-hydrogen) atoms. The molecule has 1 aromatic heterocycles. The van der Waals surface area contributed by atoms with Crippen LogP contribution in [0.25, 0.3) is 10.4 Å². The first kappa shape index (κ1) is 40.2. The van der Waals surface area contributed by atoms with Gasteiger partial charge in [0, 0.05) is 23.1 Å². The van der Waals surface area contributed by atoms with Gasteiger partial charge < -0.3 is 33.4 Å². The third-order valence-corrected chi connectivity index (χ3v) is 7.32. The second-order valence-electron chi connectivity index (χ2n) is 5.92. The Hall–Kier alpha value is 0.750. The first-order valence-electron chi connectivity index (χ1n) is 7.85. The molecule has 0 saturated carbocycles. The summed E-state index contributed by atoms with van der Waals surface area (Å²) in [6.45, 7) is 0.399. The van der Waals surface area contributed by atoms with Gasteiger partial charge in [0.25, 0.3) is 21.2 Å². The van der Waals surface area contributed by atoms with E-state index in [9.17, 15) is 42.9 Å². The Morgan fingerprint density at radius 1 is 1.14 bits per heavy atom. The summed E-state index contributed by atoms with van der Waals surface area (Å²) in [6.07, 6.45) is -1.48. The molecule has 1 aromatic rings. The molecule has 1 aliphatic heterocycles. The minimum Gasteiger partial charge on any atom is -0.790 e. The zero-order valence-corrected chi connectivity index (χ0v) is 21.8. The van der Waals surface area contributed by atoms with E-state index in [4.69, 9.17) is 10.3 Å². The Labute approximate surface area is 244 Å². The average molecular weight is 531 g/mol. The van der Waals surface area contributed by atoms with Gasteiger partial charge in [-0.25, -0.2) is 9.11 Å². The third-order valence-electron chi connectivity index (χ3n) is 3.66. The molecule has 18 nitrogen and oxygen atoms in total. The number of aryl methyl sites for hydroxylation is 1. The zero-order valence-electron chi connectivity index (χ0n) is 19.2. The maximum absolute atomic E-state index is 12.0. The van der Waals surface area contributed by atoms with Crippen LogP contribution in [0.3, 0.4) is 0 Å². The van der Waals surface area contributed by atoms with E-state index in [2.05, 4.69) is 23.2 Å². The van der Waals surface area contributed by atoms with E-state index in [-0.39, 0.29) is 87.4 Å². The van der Waals surface area contributed by atoms with Crippen LogP contribution in [0.1, 0.15) is 18.2 Å². The Balaban J connectivity index is -0.00000256. The van der Waals surface area contributed by atoms with Crippen molar-refractivity contribution >= 4 is 23.5 Å². The number of azide groups is 1. The van der Waals surface area contributed by atoms with Crippen molar-refractivity contribution in [3.8, 4) is 0 Å². The van der Waals surface area contributed by atoms with Crippen LogP contribution in [0.2, 0.25) is 0 Å². The fourth-order valence-corrected chi connectivity index (χ4v) is 5.34. The maximum Gasteiger partial charge on any atom is 1.00 e. The first-order chi connectivity index (χ1) is 14.1. The van der Waals surface area contributed by atoms with Gasteiger partial charge in [-0.3, -0.25) is 27.8 Å². The van der Waals surface area contributed by atoms with E-state index >= 15 is 0 Å². The number of hydrogen-bond acceptors (Lipinski definition) is 14. The molecule has 1 aliphatic rings. The van der Waals surface area contributed by atoms with Gasteiger partial charge >= 0.3 is 81.1 Å². The monoisotopic (exact) mass is 531 g/mol. The van der Waals surface area contributed by atoms with Crippen LogP contribution in [-0.4, -0.2) is 28.3 Å². The molecule has 25 heteroatoms. The van der Waals surface area contributed by atoms with Crippen molar-refractivity contribution in [2.75, 3.05) is 6.61 Å². The van der Waals surface area contributed by atoms with E-state index in [0.717, 1.165) is 10.8 Å². The maximum atomic E-state index is 12.0. The number of rotatable bonds is 9. The number of aromatic amines is 1. The van der Waals surface area contributed by atoms with Crippen molar-refractivity contribution in [1.82, 2.24) is 9.55 Å². The van der Waals surface area contributed by atoms with Crippen molar-refractivity contribution in [3.63, 3.8) is 0 Å². The molecular formula is C10H12Li4N5O13P3. The fraction of sp³-hybridized carbons (Fsp3) is 0.600. The Bertz CT molecular complexity index is 1150. The van der Waals surface area contributed by atoms with Gasteiger partial charge in [0.15, 0.2) is 0 Å². The number of ether oxygens (including phenoxy) is 1. The number of H-pyrrole nitrogens is 1. The molecule has 1 N–H and O–H groups in total. The topological polar surface area (TPSA) is 284 Å². The summed E-state index contributed by atoms with van der Waals surface area (Å²) in [5, 5.41) is 3.37. The normalized spacial score (nSPS) is 22.5. The van der Waals surface area contributed by atoms with E-state index in [1.54, 1.807) is 0 Å². The van der Waals surface area contributed by atoms with Crippen LogP contribution in [0.15, 0.2) is 20.9 Å². The number of phosphoric ester groups is 1. The molecule has 2 rings (SSSR count). The molecule has 0 amide bonds. The Morgan fingerprint density at radius 2 is 1.71 bits per heavy atom. The van der Waals surface area contributed by atoms with E-state index < -0.39 is 59.7 Å². The molecule has 5 atom stereocenters. The van der Waals surface area contributed by atoms with Crippen LogP contribution >= 0.6 is 23.5 Å². The molecule has 0 radical (unpaired) electrons. The molecule has 174 valence electrons. The van der Waals surface area contributed by atoms with Gasteiger partial charge in [-0.1, -0.05) is 5.11 Å². The Kier molecular flexibility index (Phi) is 18.4. The van der Waals surface area contributed by atoms with Crippen molar-refractivity contribution in [1.29, 1.82) is 0 Å². The predicted molar refractivity (Wildman–Crippen MR) is 88.5 cm³/mol. The van der Waals surface area contributed by atoms with Crippen molar-refractivity contribution < 1.29 is 127 Å². The molecule has 0 aliphatic carbocycles. The number of phosphoric acid groups is 3. The molecule has 0 spiro atoms. The molecule has 3 unspecified atom stereocenters. The SMILES string of the molecule is Cc1cn([C@H]2CC(N=[N+]=[N-])[C@@H](COP(=O)([O-])OP(=O)([O-])OP(=O)([O-])[O-])O2)c(=O)[nH]c1=O.[Li+].[Li+].[Li+].[Li+]. The zero-order chi connectivity index (χ0) is 23.6. The minimum atomic E-state index is -6.14. The van der Waals surface area contributed by atoms with Crippen LogP contribution in [0.4, 0.5) is 0 Å². The van der Waals surface area contributed by atoms with Crippen molar-refractivity contribution in [2.45, 2.75) is 31.7 Å². The third kappa shape index (κ3) is 12.9. The van der Waals surface area contributed by atoms with Gasteiger partial charge in [0.1, 0.15) is 6.23 Å². The second-order valence-corrected chi connectivity index (χ2v) is 10.2. The summed E-state index contributed by atoms with van der Waals surface area (Å²) in [4.78, 5) is 71.4. The molecule has 1 saturated heterocycles. The summed E-state index contributed by atoms with van der Waals surface area (Å²) >= 11 is 0. The summed E-state index contributed by atoms with van der Waals surface area (Å²) in [5.41, 5.74) is 7.27. The molecular weight excluding hydrogens is 519 g/mol. The first-order valence-corrected chi connectivity index (χ1v) is 12.2. The second kappa shape index (κ2) is 16.0. The van der Waals surface area contributed by atoms with Gasteiger partial charge in [-0.15, -0.1) is 0 Å². The van der Waals surface area contributed by atoms with Gasteiger partial charge in [0.05, 0.1) is 26.6 Å². The quantitative estimate of drug-likeness (QED) is 0.102. The number of nitrogens with zero attached hydrogens (tertiary/aromatic N) is 4. The van der Waals surface area contributed by atoms with E-state index in [1.165, 1.54) is 6.92 Å². The van der Waals surface area contributed by atoms with Gasteiger partial charge in [0.2, 0.25) is 0 Å². The van der Waals surface area contributed by atoms with Crippen LogP contribution in [-0.2, 0) is 31.6 Å². The summed E-state index contributed by atoms with van der Waals surface area (Å²) in [6, 6.07) is -1.10. The summed E-state index contributed by atoms with van der Waals surface area (Å²) in [7, 11) is -18.1.